The lowest BCUT2D eigenvalue weighted by Crippen LogP contribution is -2.24. The molecule has 0 fully saturated rings. The fraction of sp³-hybridized carbons (Fsp3) is 0.714. The summed E-state index contributed by atoms with van der Waals surface area (Å²) in [4.78, 5) is 1.44. The van der Waals surface area contributed by atoms with E-state index in [9.17, 15) is 0 Å². The van der Waals surface area contributed by atoms with E-state index in [0.717, 1.165) is 12.5 Å². The van der Waals surface area contributed by atoms with Gasteiger partial charge in [-0.15, -0.1) is 11.3 Å². The van der Waals surface area contributed by atoms with Crippen LogP contribution in [0, 0.1) is 12.8 Å². The second-order valence-corrected chi connectivity index (χ2v) is 7.45. The predicted octanol–water partition coefficient (Wildman–Crippen LogP) is 5.30. The van der Waals surface area contributed by atoms with Gasteiger partial charge in [0.05, 0.1) is 3.79 Å². The van der Waals surface area contributed by atoms with Gasteiger partial charge in [0.25, 0.3) is 0 Å². The van der Waals surface area contributed by atoms with Crippen molar-refractivity contribution < 1.29 is 0 Å². The molecule has 1 nitrogen and oxygen atoms in total. The van der Waals surface area contributed by atoms with Gasteiger partial charge in [-0.25, -0.2) is 0 Å². The number of aryl methyl sites for hydroxylation is 1. The van der Waals surface area contributed by atoms with E-state index in [4.69, 9.17) is 0 Å². The summed E-state index contributed by atoms with van der Waals surface area (Å²) in [5.41, 5.74) is 1.48. The molecule has 0 aliphatic rings. The molecule has 0 radical (unpaired) electrons. The van der Waals surface area contributed by atoms with Gasteiger partial charge in [0, 0.05) is 10.9 Å². The molecule has 0 aliphatic heterocycles. The van der Waals surface area contributed by atoms with Gasteiger partial charge in [-0.2, -0.15) is 0 Å². The Morgan fingerprint density at radius 1 is 1.41 bits per heavy atom. The summed E-state index contributed by atoms with van der Waals surface area (Å²) in [6.45, 7) is 10.2. The van der Waals surface area contributed by atoms with Gasteiger partial charge in [0.15, 0.2) is 0 Å². The quantitative estimate of drug-likeness (QED) is 0.720. The van der Waals surface area contributed by atoms with E-state index in [1.807, 2.05) is 11.3 Å². The van der Waals surface area contributed by atoms with Gasteiger partial charge < -0.3 is 5.32 Å². The molecular formula is C14H24BrNS. The second-order valence-electron chi connectivity index (χ2n) is 4.82. The molecule has 0 saturated carbocycles. The first-order chi connectivity index (χ1) is 8.08. The molecule has 17 heavy (non-hydrogen) atoms. The molecule has 98 valence electrons. The number of hydrogen-bond donors (Lipinski definition) is 1. The molecule has 1 aromatic heterocycles. The highest BCUT2D eigenvalue weighted by Gasteiger charge is 2.17. The van der Waals surface area contributed by atoms with Crippen LogP contribution in [0.1, 0.15) is 56.5 Å². The third kappa shape index (κ3) is 4.72. The van der Waals surface area contributed by atoms with Crippen molar-refractivity contribution in [3.63, 3.8) is 0 Å². The summed E-state index contributed by atoms with van der Waals surface area (Å²) in [6.07, 6.45) is 3.69. The van der Waals surface area contributed by atoms with Crippen LogP contribution in [0.3, 0.4) is 0 Å². The number of halogens is 1. The Hall–Kier alpha value is 0.140. The van der Waals surface area contributed by atoms with Crippen molar-refractivity contribution in [2.75, 3.05) is 6.54 Å². The normalized spacial score (nSPS) is 14.9. The summed E-state index contributed by atoms with van der Waals surface area (Å²) >= 11 is 5.44. The molecule has 0 saturated heterocycles. The number of nitrogens with one attached hydrogen (secondary N) is 1. The van der Waals surface area contributed by atoms with Crippen molar-refractivity contribution in [2.24, 2.45) is 5.92 Å². The largest absolute Gasteiger partial charge is 0.310 e. The molecule has 0 bridgehead atoms. The van der Waals surface area contributed by atoms with E-state index in [1.54, 1.807) is 0 Å². The summed E-state index contributed by atoms with van der Waals surface area (Å²) in [7, 11) is 0. The van der Waals surface area contributed by atoms with Crippen LogP contribution in [-0.2, 0) is 0 Å². The van der Waals surface area contributed by atoms with E-state index >= 15 is 0 Å². The first-order valence-corrected chi connectivity index (χ1v) is 8.18. The molecule has 1 aromatic rings. The van der Waals surface area contributed by atoms with E-state index in [1.165, 1.54) is 33.5 Å². The van der Waals surface area contributed by atoms with Crippen LogP contribution in [0.15, 0.2) is 9.85 Å². The fourth-order valence-electron chi connectivity index (χ4n) is 2.01. The molecule has 2 atom stereocenters. The molecule has 0 aromatic carbocycles. The topological polar surface area (TPSA) is 12.0 Å². The maximum Gasteiger partial charge on any atom is 0.0704 e. The molecule has 2 unspecified atom stereocenters. The van der Waals surface area contributed by atoms with Crippen molar-refractivity contribution >= 4 is 27.3 Å². The summed E-state index contributed by atoms with van der Waals surface area (Å²) in [5.74, 6) is 0.780. The Balaban J connectivity index is 2.77. The monoisotopic (exact) mass is 317 g/mol. The Labute approximate surface area is 118 Å². The van der Waals surface area contributed by atoms with E-state index in [0.29, 0.717) is 6.04 Å². The molecule has 3 heteroatoms. The molecule has 0 aliphatic carbocycles. The Bertz CT molecular complexity index is 335. The lowest BCUT2D eigenvalue weighted by Gasteiger charge is -2.22. The zero-order valence-electron chi connectivity index (χ0n) is 11.3. The van der Waals surface area contributed by atoms with Crippen LogP contribution in [0.5, 0.6) is 0 Å². The Morgan fingerprint density at radius 3 is 2.59 bits per heavy atom. The van der Waals surface area contributed by atoms with Gasteiger partial charge in [-0.05, 0) is 59.8 Å². The smallest absolute Gasteiger partial charge is 0.0704 e. The molecule has 0 amide bonds. The maximum absolute atomic E-state index is 3.69. The third-order valence-electron chi connectivity index (χ3n) is 3.28. The molecule has 0 spiro atoms. The lowest BCUT2D eigenvalue weighted by molar-refractivity contribution is 0.402. The molecular weight excluding hydrogens is 294 g/mol. The minimum Gasteiger partial charge on any atom is -0.310 e. The Morgan fingerprint density at radius 2 is 2.12 bits per heavy atom. The third-order valence-corrected chi connectivity index (χ3v) is 4.85. The van der Waals surface area contributed by atoms with Crippen molar-refractivity contribution in [1.82, 2.24) is 5.32 Å². The van der Waals surface area contributed by atoms with Crippen molar-refractivity contribution in [3.05, 3.63) is 20.3 Å². The van der Waals surface area contributed by atoms with Gasteiger partial charge in [0.2, 0.25) is 0 Å². The average Bonchev–Trinajstić information content (AvgIpc) is 2.63. The van der Waals surface area contributed by atoms with Gasteiger partial charge in [-0.3, -0.25) is 0 Å². The van der Waals surface area contributed by atoms with Crippen molar-refractivity contribution in [2.45, 2.75) is 53.0 Å². The SMILES string of the molecule is CCCNC(CC(C)CC)c1cc(Br)sc1C. The Kier molecular flexibility index (Phi) is 6.75. The zero-order chi connectivity index (χ0) is 12.8. The minimum atomic E-state index is 0.521. The summed E-state index contributed by atoms with van der Waals surface area (Å²) in [5, 5.41) is 3.69. The van der Waals surface area contributed by atoms with Crippen molar-refractivity contribution in [1.29, 1.82) is 0 Å². The number of hydrogen-bond acceptors (Lipinski definition) is 2. The average molecular weight is 318 g/mol. The van der Waals surface area contributed by atoms with Gasteiger partial charge in [0.1, 0.15) is 0 Å². The van der Waals surface area contributed by atoms with Crippen LogP contribution >= 0.6 is 27.3 Å². The van der Waals surface area contributed by atoms with E-state index < -0.39 is 0 Å². The van der Waals surface area contributed by atoms with Crippen LogP contribution in [0.4, 0.5) is 0 Å². The lowest BCUT2D eigenvalue weighted by atomic mass is 9.94. The number of thiophene rings is 1. The number of rotatable bonds is 7. The fourth-order valence-corrected chi connectivity index (χ4v) is 3.78. The molecule has 1 rings (SSSR count). The van der Waals surface area contributed by atoms with E-state index in [2.05, 4.69) is 55.0 Å². The second kappa shape index (κ2) is 7.55. The van der Waals surface area contributed by atoms with E-state index in [-0.39, 0.29) is 0 Å². The zero-order valence-corrected chi connectivity index (χ0v) is 13.7. The highest BCUT2D eigenvalue weighted by molar-refractivity contribution is 9.11. The van der Waals surface area contributed by atoms with Crippen LogP contribution in [0.25, 0.3) is 0 Å². The molecule has 1 heterocycles. The highest BCUT2D eigenvalue weighted by atomic mass is 79.9. The van der Waals surface area contributed by atoms with Crippen LogP contribution in [0.2, 0.25) is 0 Å². The highest BCUT2D eigenvalue weighted by Crippen LogP contribution is 2.33. The van der Waals surface area contributed by atoms with Crippen LogP contribution < -0.4 is 5.32 Å². The maximum atomic E-state index is 3.69. The summed E-state index contributed by atoms with van der Waals surface area (Å²) < 4.78 is 1.25. The standard InChI is InChI=1S/C14H24BrNS/c1-5-7-16-13(8-10(3)6-2)12-9-14(15)17-11(12)4/h9-10,13,16H,5-8H2,1-4H3. The first-order valence-electron chi connectivity index (χ1n) is 6.57. The molecule has 1 N–H and O–H groups in total. The predicted molar refractivity (Wildman–Crippen MR) is 81.9 cm³/mol. The van der Waals surface area contributed by atoms with Crippen LogP contribution in [-0.4, -0.2) is 6.54 Å². The summed E-state index contributed by atoms with van der Waals surface area (Å²) in [6, 6.07) is 2.81. The minimum absolute atomic E-state index is 0.521. The van der Waals surface area contributed by atoms with Gasteiger partial charge in [-0.1, -0.05) is 27.2 Å². The first kappa shape index (κ1) is 15.2. The van der Waals surface area contributed by atoms with Crippen molar-refractivity contribution in [3.8, 4) is 0 Å². The van der Waals surface area contributed by atoms with Gasteiger partial charge >= 0.3 is 0 Å².